The van der Waals surface area contributed by atoms with Crippen molar-refractivity contribution in [1.82, 2.24) is 20.7 Å². The highest BCUT2D eigenvalue weighted by Crippen LogP contribution is 2.71. The lowest BCUT2D eigenvalue weighted by molar-refractivity contribution is -0.273. The van der Waals surface area contributed by atoms with Crippen LogP contribution in [0.4, 0.5) is 4.79 Å². The average molecular weight is 557 g/mol. The van der Waals surface area contributed by atoms with Crippen LogP contribution in [-0.2, 0) is 9.47 Å². The summed E-state index contributed by atoms with van der Waals surface area (Å²) in [5.74, 6) is 4.71. The molecule has 3 aliphatic heterocycles. The van der Waals surface area contributed by atoms with E-state index in [1.807, 2.05) is 0 Å². The van der Waals surface area contributed by atoms with E-state index >= 15 is 0 Å². The van der Waals surface area contributed by atoms with Crippen LogP contribution >= 0.6 is 0 Å². The number of carbonyl (C=O) groups is 1. The first-order valence-electron chi connectivity index (χ1n) is 16.9. The van der Waals surface area contributed by atoms with Crippen LogP contribution in [-0.4, -0.2) is 73.7 Å². The number of hydrogen-bond donors (Lipinski definition) is 2. The van der Waals surface area contributed by atoms with E-state index in [-0.39, 0.29) is 11.8 Å². The smallest absolute Gasteiger partial charge is 0.329 e. The summed E-state index contributed by atoms with van der Waals surface area (Å²) in [6, 6.07) is 0.312. The quantitative estimate of drug-likeness (QED) is 0.486. The molecule has 7 aliphatic rings. The van der Waals surface area contributed by atoms with Crippen molar-refractivity contribution in [3.63, 3.8) is 0 Å². The first-order valence-corrected chi connectivity index (χ1v) is 16.9. The minimum absolute atomic E-state index is 0.000986. The number of fused-ring (bicyclic) bond motifs is 7. The lowest BCUT2D eigenvalue weighted by Gasteiger charge is -2.61. The summed E-state index contributed by atoms with van der Waals surface area (Å²) in [5.41, 5.74) is 3.94. The molecule has 0 unspecified atom stereocenters. The van der Waals surface area contributed by atoms with Gasteiger partial charge in [-0.2, -0.15) is 0 Å². The Kier molecular flexibility index (Phi) is 7.04. The molecule has 4 aliphatic carbocycles. The summed E-state index contributed by atoms with van der Waals surface area (Å²) >= 11 is 0. The SMILES string of the molecule is C[C@H]1CC[C@@]2(OC1)O[C@H]1C[C@H]3[C@@H]4CC[C@@H]5C[C@@H](NC(=O)NN6CCN(C)CC6)CC[C@]5(C)[C@H]4CC[C@]3(C)[C@H]1[C@@H]2C. The molecule has 3 saturated heterocycles. The lowest BCUT2D eigenvalue weighted by Crippen LogP contribution is -2.58. The molecular weight excluding hydrogens is 500 g/mol. The predicted octanol–water partition coefficient (Wildman–Crippen LogP) is 5.26. The van der Waals surface area contributed by atoms with Crippen molar-refractivity contribution in [1.29, 1.82) is 0 Å². The Bertz CT molecular complexity index is 961. The normalized spacial score (nSPS) is 52.9. The zero-order chi connectivity index (χ0) is 27.9. The second-order valence-corrected chi connectivity index (χ2v) is 16.0. The number of piperazine rings is 1. The van der Waals surface area contributed by atoms with Gasteiger partial charge in [-0.05, 0) is 111 Å². The molecule has 2 amide bonds. The summed E-state index contributed by atoms with van der Waals surface area (Å²) in [6.07, 6.45) is 12.9. The zero-order valence-corrected chi connectivity index (χ0v) is 25.9. The third kappa shape index (κ3) is 4.38. The minimum atomic E-state index is -0.307. The molecule has 0 aromatic carbocycles. The van der Waals surface area contributed by atoms with Crippen LogP contribution in [0.15, 0.2) is 0 Å². The monoisotopic (exact) mass is 556 g/mol. The van der Waals surface area contributed by atoms with E-state index in [1.165, 1.54) is 44.9 Å². The number of hydrazine groups is 1. The van der Waals surface area contributed by atoms with Crippen LogP contribution in [0.2, 0.25) is 0 Å². The number of urea groups is 1. The summed E-state index contributed by atoms with van der Waals surface area (Å²) < 4.78 is 13.5. The highest BCUT2D eigenvalue weighted by molar-refractivity contribution is 5.73. The van der Waals surface area contributed by atoms with Crippen molar-refractivity contribution in [2.75, 3.05) is 39.8 Å². The molecule has 7 fully saturated rings. The molecular formula is C33H56N4O3. The number of amides is 2. The molecule has 0 aromatic heterocycles. The van der Waals surface area contributed by atoms with Gasteiger partial charge in [-0.15, -0.1) is 0 Å². The molecule has 40 heavy (non-hydrogen) atoms. The summed E-state index contributed by atoms with van der Waals surface area (Å²) in [5, 5.41) is 5.45. The van der Waals surface area contributed by atoms with Gasteiger partial charge in [0.2, 0.25) is 0 Å². The molecule has 12 atom stereocenters. The van der Waals surface area contributed by atoms with Gasteiger partial charge in [0, 0.05) is 44.6 Å². The van der Waals surface area contributed by atoms with Crippen LogP contribution in [0.3, 0.4) is 0 Å². The third-order valence-corrected chi connectivity index (χ3v) is 14.0. The van der Waals surface area contributed by atoms with E-state index < -0.39 is 0 Å². The molecule has 0 radical (unpaired) electrons. The number of hydrogen-bond acceptors (Lipinski definition) is 5. The topological polar surface area (TPSA) is 66.1 Å². The first-order chi connectivity index (χ1) is 19.1. The van der Waals surface area contributed by atoms with Gasteiger partial charge in [-0.3, -0.25) is 5.43 Å². The van der Waals surface area contributed by atoms with Gasteiger partial charge in [-0.1, -0.05) is 27.7 Å². The lowest BCUT2D eigenvalue weighted by atomic mass is 9.44. The fourth-order valence-electron chi connectivity index (χ4n) is 11.7. The van der Waals surface area contributed by atoms with Gasteiger partial charge in [0.15, 0.2) is 5.79 Å². The fourth-order valence-corrected chi connectivity index (χ4v) is 11.7. The van der Waals surface area contributed by atoms with Crippen molar-refractivity contribution >= 4 is 6.03 Å². The summed E-state index contributed by atoms with van der Waals surface area (Å²) in [6.45, 7) is 14.7. The van der Waals surface area contributed by atoms with Crippen LogP contribution in [0.25, 0.3) is 0 Å². The van der Waals surface area contributed by atoms with E-state index in [0.717, 1.165) is 75.7 Å². The van der Waals surface area contributed by atoms with Gasteiger partial charge >= 0.3 is 6.03 Å². The largest absolute Gasteiger partial charge is 0.349 e. The van der Waals surface area contributed by atoms with Gasteiger partial charge < -0.3 is 19.7 Å². The molecule has 7 heteroatoms. The van der Waals surface area contributed by atoms with Crippen LogP contribution in [0.5, 0.6) is 0 Å². The Morgan fingerprint density at radius 2 is 1.65 bits per heavy atom. The zero-order valence-electron chi connectivity index (χ0n) is 25.9. The maximum Gasteiger partial charge on any atom is 0.329 e. The van der Waals surface area contributed by atoms with Crippen molar-refractivity contribution < 1.29 is 14.3 Å². The summed E-state index contributed by atoms with van der Waals surface area (Å²) in [4.78, 5) is 15.2. The highest BCUT2D eigenvalue weighted by Gasteiger charge is 2.69. The Labute approximate surface area is 242 Å². The van der Waals surface area contributed by atoms with Crippen LogP contribution < -0.4 is 10.7 Å². The second kappa shape index (κ2) is 10.1. The molecule has 2 N–H and O–H groups in total. The number of carbonyl (C=O) groups excluding carboxylic acids is 1. The van der Waals surface area contributed by atoms with Gasteiger partial charge in [0.05, 0.1) is 12.7 Å². The number of rotatable bonds is 2. The number of likely N-dealkylation sites (N-methyl/N-ethyl adjacent to an activating group) is 1. The second-order valence-electron chi connectivity index (χ2n) is 16.0. The van der Waals surface area contributed by atoms with Crippen LogP contribution in [0.1, 0.15) is 91.9 Å². The molecule has 0 bridgehead atoms. The van der Waals surface area contributed by atoms with E-state index in [4.69, 9.17) is 9.47 Å². The van der Waals surface area contributed by atoms with E-state index in [2.05, 4.69) is 55.4 Å². The van der Waals surface area contributed by atoms with Gasteiger partial charge in [0.1, 0.15) is 0 Å². The number of nitrogens with one attached hydrogen (secondary N) is 2. The Hall–Kier alpha value is -0.890. The van der Waals surface area contributed by atoms with E-state index in [0.29, 0.717) is 40.7 Å². The van der Waals surface area contributed by atoms with Crippen LogP contribution in [0, 0.1) is 52.3 Å². The van der Waals surface area contributed by atoms with E-state index in [1.54, 1.807) is 0 Å². The van der Waals surface area contributed by atoms with E-state index in [9.17, 15) is 4.79 Å². The summed E-state index contributed by atoms with van der Waals surface area (Å²) in [7, 11) is 2.15. The predicted molar refractivity (Wildman–Crippen MR) is 156 cm³/mol. The Morgan fingerprint density at radius 3 is 2.40 bits per heavy atom. The Morgan fingerprint density at radius 1 is 0.875 bits per heavy atom. The average Bonchev–Trinajstić information content (AvgIpc) is 3.37. The maximum absolute atomic E-state index is 12.8. The maximum atomic E-state index is 12.8. The molecule has 1 spiro atoms. The molecule has 7 rings (SSSR count). The standard InChI is InChI=1S/C33H56N4O3/c1-21-8-13-33(39-20-21)22(2)29-28(40-33)19-27-25-7-6-23-18-24(34-30(38)35-37-16-14-36(5)15-17-37)9-11-31(23,3)26(25)10-12-32(27,29)4/h21-29H,6-20H2,1-5H3,(H2,34,35,38)/t21-,22-,23+,24-,25+,26-,27-,28-,29-,31-,32-,33+/m0/s1. The van der Waals surface area contributed by atoms with Gasteiger partial charge in [-0.25, -0.2) is 9.80 Å². The Balaban J connectivity index is 0.990. The molecule has 0 aromatic rings. The van der Waals surface area contributed by atoms with Gasteiger partial charge in [0.25, 0.3) is 0 Å². The third-order valence-electron chi connectivity index (χ3n) is 14.0. The molecule has 7 nitrogen and oxygen atoms in total. The highest BCUT2D eigenvalue weighted by atomic mass is 16.7. The number of ether oxygens (including phenoxy) is 2. The van der Waals surface area contributed by atoms with Crippen molar-refractivity contribution in [3.05, 3.63) is 0 Å². The molecule has 4 saturated carbocycles. The first kappa shape index (κ1) is 27.9. The fraction of sp³-hybridized carbons (Fsp3) is 0.970. The number of nitrogens with zero attached hydrogens (tertiary/aromatic N) is 2. The molecule has 226 valence electrons. The van der Waals surface area contributed by atoms with Crippen molar-refractivity contribution in [2.45, 2.75) is 110 Å². The minimum Gasteiger partial charge on any atom is -0.349 e. The van der Waals surface area contributed by atoms with Crippen molar-refractivity contribution in [2.24, 2.45) is 52.3 Å². The van der Waals surface area contributed by atoms with Crippen molar-refractivity contribution in [3.8, 4) is 0 Å². The molecule has 3 heterocycles.